The molecule has 0 aliphatic carbocycles. The summed E-state index contributed by atoms with van der Waals surface area (Å²) in [5.74, 6) is -0.868. The minimum absolute atomic E-state index is 0.211. The molecule has 0 amide bonds. The molecule has 0 atom stereocenters. The first-order valence-electron chi connectivity index (χ1n) is 4.04. The van der Waals surface area contributed by atoms with Gasteiger partial charge in [0.25, 0.3) is 0 Å². The van der Waals surface area contributed by atoms with Crippen molar-refractivity contribution < 1.29 is 18.8 Å². The van der Waals surface area contributed by atoms with Crippen molar-refractivity contribution in [1.29, 1.82) is 0 Å². The molecule has 1 N–H and O–H groups in total. The first-order valence-corrected chi connectivity index (χ1v) is 4.83. The molecule has 0 radical (unpaired) electrons. The highest BCUT2D eigenvalue weighted by atomic mass is 79.9. The lowest BCUT2D eigenvalue weighted by molar-refractivity contribution is 0.0652. The highest BCUT2D eigenvalue weighted by molar-refractivity contribution is 9.10. The summed E-state index contributed by atoms with van der Waals surface area (Å²) >= 11 is 3.17. The topological polar surface area (TPSA) is 76.5 Å². The van der Waals surface area contributed by atoms with Crippen LogP contribution in [-0.2, 0) is 0 Å². The SMILES string of the molecule is Cc1cc(Br)oc1-c1cc(C(=O)O)on1. The van der Waals surface area contributed by atoms with Gasteiger partial charge in [0.15, 0.2) is 10.4 Å². The summed E-state index contributed by atoms with van der Waals surface area (Å²) in [6.07, 6.45) is 0. The van der Waals surface area contributed by atoms with Crippen LogP contribution in [0.4, 0.5) is 0 Å². The highest BCUT2D eigenvalue weighted by Crippen LogP contribution is 2.28. The molecule has 0 aromatic carbocycles. The van der Waals surface area contributed by atoms with E-state index in [4.69, 9.17) is 9.52 Å². The number of nitrogens with zero attached hydrogens (tertiary/aromatic N) is 1. The van der Waals surface area contributed by atoms with Gasteiger partial charge >= 0.3 is 5.97 Å². The third kappa shape index (κ3) is 1.80. The number of carboxylic acids is 1. The molecule has 0 saturated carbocycles. The van der Waals surface area contributed by atoms with Gasteiger partial charge < -0.3 is 14.0 Å². The van der Waals surface area contributed by atoms with Crippen molar-refractivity contribution in [3.8, 4) is 11.5 Å². The molecule has 0 spiro atoms. The third-order valence-electron chi connectivity index (χ3n) is 1.84. The summed E-state index contributed by atoms with van der Waals surface area (Å²) in [6, 6.07) is 3.09. The number of aryl methyl sites for hydroxylation is 1. The number of furan rings is 1. The number of rotatable bonds is 2. The van der Waals surface area contributed by atoms with Gasteiger partial charge in [0.05, 0.1) is 0 Å². The number of aromatic nitrogens is 1. The zero-order chi connectivity index (χ0) is 11.0. The zero-order valence-corrected chi connectivity index (χ0v) is 9.24. The van der Waals surface area contributed by atoms with Crippen molar-refractivity contribution in [2.45, 2.75) is 6.92 Å². The van der Waals surface area contributed by atoms with E-state index >= 15 is 0 Å². The average Bonchev–Trinajstić information content (AvgIpc) is 2.71. The van der Waals surface area contributed by atoms with Crippen LogP contribution in [0.15, 0.2) is 25.7 Å². The number of aromatic carboxylic acids is 1. The summed E-state index contributed by atoms with van der Waals surface area (Å²) in [6.45, 7) is 1.83. The van der Waals surface area contributed by atoms with E-state index in [-0.39, 0.29) is 5.76 Å². The Labute approximate surface area is 92.8 Å². The second-order valence-corrected chi connectivity index (χ2v) is 3.73. The first-order chi connectivity index (χ1) is 7.08. The monoisotopic (exact) mass is 271 g/mol. The van der Waals surface area contributed by atoms with Crippen LogP contribution in [0.2, 0.25) is 0 Å². The van der Waals surface area contributed by atoms with Crippen molar-refractivity contribution in [2.24, 2.45) is 0 Å². The predicted octanol–water partition coefficient (Wildman–Crippen LogP) is 2.70. The van der Waals surface area contributed by atoms with Gasteiger partial charge in [0, 0.05) is 6.07 Å². The molecule has 2 heterocycles. The van der Waals surface area contributed by atoms with E-state index < -0.39 is 5.97 Å². The van der Waals surface area contributed by atoms with E-state index in [1.807, 2.05) is 6.92 Å². The van der Waals surface area contributed by atoms with E-state index in [0.29, 0.717) is 16.1 Å². The number of carboxylic acid groups (broad SMARTS) is 1. The van der Waals surface area contributed by atoms with Crippen LogP contribution < -0.4 is 0 Å². The molecule has 15 heavy (non-hydrogen) atoms. The van der Waals surface area contributed by atoms with Crippen molar-refractivity contribution in [3.05, 3.63) is 28.1 Å². The average molecular weight is 272 g/mol. The summed E-state index contributed by atoms with van der Waals surface area (Å²) in [7, 11) is 0. The molecular formula is C9H6BrNO4. The third-order valence-corrected chi connectivity index (χ3v) is 2.23. The van der Waals surface area contributed by atoms with Gasteiger partial charge in [-0.2, -0.15) is 0 Å². The summed E-state index contributed by atoms with van der Waals surface area (Å²) < 4.78 is 10.5. The zero-order valence-electron chi connectivity index (χ0n) is 7.65. The van der Waals surface area contributed by atoms with Crippen LogP contribution in [0.3, 0.4) is 0 Å². The van der Waals surface area contributed by atoms with Crippen LogP contribution in [0.5, 0.6) is 0 Å². The molecule has 2 aromatic heterocycles. The molecule has 0 unspecified atom stereocenters. The fourth-order valence-electron chi connectivity index (χ4n) is 1.18. The van der Waals surface area contributed by atoms with Crippen LogP contribution in [0.25, 0.3) is 11.5 Å². The lowest BCUT2D eigenvalue weighted by atomic mass is 10.2. The first kappa shape index (κ1) is 9.97. The fourth-order valence-corrected chi connectivity index (χ4v) is 1.69. The van der Waals surface area contributed by atoms with Crippen LogP contribution in [-0.4, -0.2) is 16.2 Å². The molecule has 2 rings (SSSR count). The van der Waals surface area contributed by atoms with Gasteiger partial charge in [-0.25, -0.2) is 4.79 Å². The Bertz CT molecular complexity index is 514. The number of carbonyl (C=O) groups is 1. The number of hydrogen-bond donors (Lipinski definition) is 1. The van der Waals surface area contributed by atoms with Crippen LogP contribution in [0.1, 0.15) is 16.1 Å². The highest BCUT2D eigenvalue weighted by Gasteiger charge is 2.16. The summed E-state index contributed by atoms with van der Waals surface area (Å²) in [5, 5.41) is 12.3. The minimum atomic E-state index is -1.16. The molecule has 0 aliphatic heterocycles. The standard InChI is InChI=1S/C9H6BrNO4/c1-4-2-7(10)14-8(4)5-3-6(9(12)13)15-11-5/h2-3H,1H3,(H,12,13). The molecule has 0 saturated heterocycles. The maximum atomic E-state index is 10.6. The molecule has 6 heteroatoms. The van der Waals surface area contributed by atoms with Gasteiger partial charge in [-0.15, -0.1) is 0 Å². The van der Waals surface area contributed by atoms with Crippen LogP contribution in [0, 0.1) is 6.92 Å². The molecule has 5 nitrogen and oxygen atoms in total. The van der Waals surface area contributed by atoms with Gasteiger partial charge in [-0.3, -0.25) is 0 Å². The molecular weight excluding hydrogens is 266 g/mol. The number of halogens is 1. The maximum Gasteiger partial charge on any atom is 0.374 e. The Morgan fingerprint density at radius 1 is 1.53 bits per heavy atom. The van der Waals surface area contributed by atoms with Gasteiger partial charge in [-0.05, 0) is 34.5 Å². The quantitative estimate of drug-likeness (QED) is 0.909. The molecule has 2 aromatic rings. The van der Waals surface area contributed by atoms with Crippen molar-refractivity contribution in [3.63, 3.8) is 0 Å². The number of hydrogen-bond acceptors (Lipinski definition) is 4. The lowest BCUT2D eigenvalue weighted by Crippen LogP contribution is -1.91. The van der Waals surface area contributed by atoms with E-state index in [9.17, 15) is 4.79 Å². The van der Waals surface area contributed by atoms with Crippen molar-refractivity contribution in [1.82, 2.24) is 5.16 Å². The second-order valence-electron chi connectivity index (χ2n) is 2.94. The minimum Gasteiger partial charge on any atom is -0.475 e. The Morgan fingerprint density at radius 3 is 2.73 bits per heavy atom. The van der Waals surface area contributed by atoms with E-state index in [0.717, 1.165) is 5.56 Å². The van der Waals surface area contributed by atoms with Crippen molar-refractivity contribution in [2.75, 3.05) is 0 Å². The Balaban J connectivity index is 2.45. The maximum absolute atomic E-state index is 10.6. The predicted molar refractivity (Wildman–Crippen MR) is 53.6 cm³/mol. The van der Waals surface area contributed by atoms with Gasteiger partial charge in [0.2, 0.25) is 5.76 Å². The molecule has 0 aliphatic rings. The Morgan fingerprint density at radius 2 is 2.27 bits per heavy atom. The smallest absolute Gasteiger partial charge is 0.374 e. The Hall–Kier alpha value is -1.56. The largest absolute Gasteiger partial charge is 0.475 e. The normalized spacial score (nSPS) is 10.5. The van der Waals surface area contributed by atoms with Crippen molar-refractivity contribution >= 4 is 21.9 Å². The van der Waals surface area contributed by atoms with Gasteiger partial charge in [-0.1, -0.05) is 5.16 Å². The molecule has 0 fully saturated rings. The Kier molecular flexibility index (Phi) is 2.36. The lowest BCUT2D eigenvalue weighted by Gasteiger charge is -1.88. The van der Waals surface area contributed by atoms with E-state index in [1.54, 1.807) is 6.07 Å². The summed E-state index contributed by atoms with van der Waals surface area (Å²) in [4.78, 5) is 10.6. The van der Waals surface area contributed by atoms with Crippen LogP contribution >= 0.6 is 15.9 Å². The molecule has 0 bridgehead atoms. The van der Waals surface area contributed by atoms with E-state index in [1.165, 1.54) is 6.07 Å². The van der Waals surface area contributed by atoms with E-state index in [2.05, 4.69) is 25.6 Å². The second kappa shape index (κ2) is 3.54. The van der Waals surface area contributed by atoms with Gasteiger partial charge in [0.1, 0.15) is 5.69 Å². The fraction of sp³-hybridized carbons (Fsp3) is 0.111. The summed E-state index contributed by atoms with van der Waals surface area (Å²) in [5.41, 5.74) is 1.22. The molecule has 78 valence electrons.